The quantitative estimate of drug-likeness (QED) is 0.419. The summed E-state index contributed by atoms with van der Waals surface area (Å²) in [4.78, 5) is 4.61. The zero-order valence-electron chi connectivity index (χ0n) is 13.8. The van der Waals surface area contributed by atoms with Gasteiger partial charge in [-0.25, -0.2) is 4.98 Å². The molecule has 0 amide bonds. The smallest absolute Gasteiger partial charge is 0.206 e. The molecule has 2 aromatic heterocycles. The van der Waals surface area contributed by atoms with Crippen LogP contribution in [0, 0.1) is 6.92 Å². The lowest BCUT2D eigenvalue weighted by Gasteiger charge is -2.03. The van der Waals surface area contributed by atoms with E-state index in [1.165, 1.54) is 5.56 Å². The number of aryl methyl sites for hydroxylation is 1. The lowest BCUT2D eigenvalue weighted by molar-refractivity contribution is 0.305. The van der Waals surface area contributed by atoms with Crippen LogP contribution in [0.5, 0.6) is 5.75 Å². The summed E-state index contributed by atoms with van der Waals surface area (Å²) >= 11 is 4.80. The van der Waals surface area contributed by atoms with Crippen molar-refractivity contribution in [1.82, 2.24) is 15.2 Å². The molecule has 5 nitrogen and oxygen atoms in total. The van der Waals surface area contributed by atoms with E-state index in [2.05, 4.69) is 39.4 Å². The first-order valence-electron chi connectivity index (χ1n) is 7.67. The number of thiazole rings is 1. The Hall–Kier alpha value is -1.90. The summed E-state index contributed by atoms with van der Waals surface area (Å²) in [6.07, 6.45) is 1.80. The second kappa shape index (κ2) is 8.98. The van der Waals surface area contributed by atoms with Crippen LogP contribution in [0.25, 0.3) is 0 Å². The van der Waals surface area contributed by atoms with Gasteiger partial charge in [0, 0.05) is 17.7 Å². The second-order valence-electron chi connectivity index (χ2n) is 5.17. The highest BCUT2D eigenvalue weighted by atomic mass is 32.2. The Morgan fingerprint density at radius 3 is 2.92 bits per heavy atom. The Morgan fingerprint density at radius 2 is 2.12 bits per heavy atom. The van der Waals surface area contributed by atoms with Gasteiger partial charge in [0.15, 0.2) is 4.34 Å². The third kappa shape index (κ3) is 5.55. The molecule has 3 aromatic rings. The van der Waals surface area contributed by atoms with Crippen LogP contribution >= 0.6 is 34.4 Å². The van der Waals surface area contributed by atoms with Crippen LogP contribution in [0.1, 0.15) is 16.3 Å². The average molecular weight is 391 g/mol. The van der Waals surface area contributed by atoms with Crippen LogP contribution in [0.15, 0.2) is 46.6 Å². The normalized spacial score (nSPS) is 10.6. The van der Waals surface area contributed by atoms with Gasteiger partial charge in [-0.05, 0) is 19.1 Å². The van der Waals surface area contributed by atoms with Gasteiger partial charge in [-0.3, -0.25) is 0 Å². The fourth-order valence-corrected chi connectivity index (χ4v) is 4.36. The molecule has 25 heavy (non-hydrogen) atoms. The lowest BCUT2D eigenvalue weighted by atomic mass is 10.2. The molecule has 2 heterocycles. The van der Waals surface area contributed by atoms with E-state index in [4.69, 9.17) is 4.74 Å². The maximum Gasteiger partial charge on any atom is 0.206 e. The number of nitrogens with one attached hydrogen (secondary N) is 1. The summed E-state index contributed by atoms with van der Waals surface area (Å²) in [6.45, 7) is 6.91. The van der Waals surface area contributed by atoms with Crippen LogP contribution < -0.4 is 10.1 Å². The van der Waals surface area contributed by atoms with E-state index in [1.54, 1.807) is 40.5 Å². The van der Waals surface area contributed by atoms with Crippen LogP contribution in [0.3, 0.4) is 0 Å². The molecule has 0 saturated carbocycles. The van der Waals surface area contributed by atoms with Crippen molar-refractivity contribution in [2.45, 2.75) is 23.6 Å². The van der Waals surface area contributed by atoms with Crippen molar-refractivity contribution in [3.63, 3.8) is 0 Å². The first kappa shape index (κ1) is 17.9. The van der Waals surface area contributed by atoms with Gasteiger partial charge in [-0.2, -0.15) is 0 Å². The van der Waals surface area contributed by atoms with Gasteiger partial charge in [0.25, 0.3) is 0 Å². The first-order chi connectivity index (χ1) is 12.2. The van der Waals surface area contributed by atoms with Gasteiger partial charge >= 0.3 is 0 Å². The molecule has 0 aliphatic carbocycles. The van der Waals surface area contributed by atoms with Gasteiger partial charge < -0.3 is 10.1 Å². The molecule has 0 radical (unpaired) electrons. The number of aromatic nitrogens is 3. The molecule has 0 spiro atoms. The van der Waals surface area contributed by atoms with Gasteiger partial charge in [0.05, 0.1) is 5.69 Å². The van der Waals surface area contributed by atoms with Crippen molar-refractivity contribution in [2.75, 3.05) is 11.9 Å². The maximum atomic E-state index is 5.77. The molecule has 0 bridgehead atoms. The van der Waals surface area contributed by atoms with Crippen molar-refractivity contribution in [3.05, 3.63) is 58.6 Å². The number of hydrogen-bond acceptors (Lipinski definition) is 8. The summed E-state index contributed by atoms with van der Waals surface area (Å²) in [5.41, 5.74) is 2.26. The molecule has 0 saturated heterocycles. The van der Waals surface area contributed by atoms with Gasteiger partial charge in [0.2, 0.25) is 5.13 Å². The monoisotopic (exact) mass is 390 g/mol. The fourth-order valence-electron chi connectivity index (χ4n) is 1.90. The highest BCUT2D eigenvalue weighted by Crippen LogP contribution is 2.28. The molecule has 0 aliphatic rings. The Labute approximate surface area is 159 Å². The molecular weight excluding hydrogens is 372 g/mol. The second-order valence-corrected chi connectivity index (χ2v) is 8.31. The van der Waals surface area contributed by atoms with Crippen molar-refractivity contribution in [3.8, 4) is 5.75 Å². The largest absolute Gasteiger partial charge is 0.486 e. The molecule has 3 rings (SSSR count). The van der Waals surface area contributed by atoms with Crippen LogP contribution in [-0.2, 0) is 12.4 Å². The Bertz CT molecular complexity index is 813. The minimum atomic E-state index is 0.493. The lowest BCUT2D eigenvalue weighted by Crippen LogP contribution is -1.96. The number of anilines is 1. The van der Waals surface area contributed by atoms with E-state index >= 15 is 0 Å². The Balaban J connectivity index is 1.47. The van der Waals surface area contributed by atoms with Gasteiger partial charge in [-0.1, -0.05) is 46.9 Å². The number of rotatable bonds is 9. The molecule has 0 unspecified atom stereocenters. The Kier molecular flexibility index (Phi) is 6.43. The minimum Gasteiger partial charge on any atom is -0.486 e. The van der Waals surface area contributed by atoms with E-state index in [-0.39, 0.29) is 0 Å². The fraction of sp³-hybridized carbons (Fsp3) is 0.235. The number of hydrogen-bond donors (Lipinski definition) is 1. The third-order valence-electron chi connectivity index (χ3n) is 3.13. The van der Waals surface area contributed by atoms with Crippen LogP contribution in [0.4, 0.5) is 5.13 Å². The third-order valence-corrected chi connectivity index (χ3v) is 6.05. The SMILES string of the molecule is C=CCNc1nnc(SCc2csc(COc3ccc(C)cc3)n2)s1. The average Bonchev–Trinajstić information content (AvgIpc) is 3.27. The molecule has 8 heteroatoms. The summed E-state index contributed by atoms with van der Waals surface area (Å²) in [5.74, 6) is 1.64. The standard InChI is InChI=1S/C17H18N4OS3/c1-3-8-18-16-20-21-17(25-16)24-11-13-10-23-15(19-13)9-22-14-6-4-12(2)5-7-14/h3-7,10H,1,8-9,11H2,2H3,(H,18,20). The topological polar surface area (TPSA) is 59.9 Å². The van der Waals surface area contributed by atoms with Crippen molar-refractivity contribution in [1.29, 1.82) is 0 Å². The molecule has 1 N–H and O–H groups in total. The molecule has 0 atom stereocenters. The van der Waals surface area contributed by atoms with Crippen molar-refractivity contribution in [2.24, 2.45) is 0 Å². The number of nitrogens with zero attached hydrogens (tertiary/aromatic N) is 3. The minimum absolute atomic E-state index is 0.493. The molecule has 0 aliphatic heterocycles. The van der Waals surface area contributed by atoms with E-state index in [9.17, 15) is 0 Å². The predicted molar refractivity (Wildman–Crippen MR) is 106 cm³/mol. The molecule has 1 aromatic carbocycles. The van der Waals surface area contributed by atoms with Gasteiger partial charge in [-0.15, -0.1) is 28.1 Å². The molecule has 130 valence electrons. The van der Waals surface area contributed by atoms with E-state index in [0.717, 1.165) is 31.7 Å². The first-order valence-corrected chi connectivity index (χ1v) is 10.3. The highest BCUT2D eigenvalue weighted by Gasteiger charge is 2.07. The Morgan fingerprint density at radius 1 is 1.28 bits per heavy atom. The zero-order valence-corrected chi connectivity index (χ0v) is 16.2. The number of benzene rings is 1. The highest BCUT2D eigenvalue weighted by molar-refractivity contribution is 8.00. The number of thioether (sulfide) groups is 1. The van der Waals surface area contributed by atoms with Crippen molar-refractivity contribution >= 4 is 39.6 Å². The molecule has 0 fully saturated rings. The number of ether oxygens (including phenoxy) is 1. The zero-order chi connectivity index (χ0) is 17.5. The van der Waals surface area contributed by atoms with E-state index in [0.29, 0.717) is 13.2 Å². The summed E-state index contributed by atoms with van der Waals surface area (Å²) < 4.78 is 6.70. The van der Waals surface area contributed by atoms with Crippen LogP contribution in [-0.4, -0.2) is 21.7 Å². The predicted octanol–water partition coefficient (Wildman–Crippen LogP) is 4.77. The summed E-state index contributed by atoms with van der Waals surface area (Å²) in [6, 6.07) is 8.04. The van der Waals surface area contributed by atoms with Crippen LogP contribution in [0.2, 0.25) is 0 Å². The summed E-state index contributed by atoms with van der Waals surface area (Å²) in [7, 11) is 0. The maximum absolute atomic E-state index is 5.77. The molecular formula is C17H18N4OS3. The van der Waals surface area contributed by atoms with Crippen molar-refractivity contribution < 1.29 is 4.74 Å². The van der Waals surface area contributed by atoms with Gasteiger partial charge in [0.1, 0.15) is 17.4 Å². The summed E-state index contributed by atoms with van der Waals surface area (Å²) in [5, 5.41) is 15.2. The van der Waals surface area contributed by atoms with E-state index in [1.807, 2.05) is 24.3 Å². The van der Waals surface area contributed by atoms with E-state index < -0.39 is 0 Å².